The Labute approximate surface area is 160 Å². The Hall–Kier alpha value is -3.13. The molecule has 1 aliphatic rings. The zero-order chi connectivity index (χ0) is 19.7. The van der Waals surface area contributed by atoms with E-state index in [1.165, 1.54) is 16.8 Å². The molecule has 0 unspecified atom stereocenters. The van der Waals surface area contributed by atoms with Crippen LogP contribution in [0, 0.1) is 11.6 Å². The number of hydrogen-bond acceptors (Lipinski definition) is 4. The number of nitrogens with zero attached hydrogens (tertiary/aromatic N) is 3. The number of nitrogens with one attached hydrogen (secondary N) is 2. The van der Waals surface area contributed by atoms with Gasteiger partial charge in [-0.25, -0.2) is 18.4 Å². The van der Waals surface area contributed by atoms with Crippen LogP contribution < -0.4 is 10.6 Å². The second kappa shape index (κ2) is 7.47. The molecule has 0 spiro atoms. The number of para-hydroxylation sites is 1. The van der Waals surface area contributed by atoms with Gasteiger partial charge >= 0.3 is 0 Å². The van der Waals surface area contributed by atoms with Crippen molar-refractivity contribution in [3.05, 3.63) is 70.8 Å². The minimum atomic E-state index is -0.641. The van der Waals surface area contributed by atoms with Crippen molar-refractivity contribution >= 4 is 11.6 Å². The molecule has 8 heteroatoms. The van der Waals surface area contributed by atoms with Crippen molar-refractivity contribution in [2.75, 3.05) is 11.9 Å². The van der Waals surface area contributed by atoms with E-state index in [2.05, 4.69) is 20.7 Å². The molecule has 2 N–H and O–H groups in total. The Bertz CT molecular complexity index is 1050. The predicted molar refractivity (Wildman–Crippen MR) is 100 cm³/mol. The fourth-order valence-corrected chi connectivity index (χ4v) is 3.29. The van der Waals surface area contributed by atoms with Gasteiger partial charge in [0.15, 0.2) is 0 Å². The molecule has 0 saturated heterocycles. The summed E-state index contributed by atoms with van der Waals surface area (Å²) in [4.78, 5) is 16.8. The average Bonchev–Trinajstić information content (AvgIpc) is 3.15. The Morgan fingerprint density at radius 3 is 2.86 bits per heavy atom. The minimum absolute atomic E-state index is 0.0888. The van der Waals surface area contributed by atoms with E-state index in [4.69, 9.17) is 0 Å². The first-order valence-electron chi connectivity index (χ1n) is 9.11. The summed E-state index contributed by atoms with van der Waals surface area (Å²) in [6.45, 7) is 3.13. The highest BCUT2D eigenvalue weighted by molar-refractivity contribution is 6.01. The lowest BCUT2D eigenvalue weighted by Crippen LogP contribution is -2.25. The van der Waals surface area contributed by atoms with Gasteiger partial charge in [0.05, 0.1) is 5.69 Å². The molecule has 2 heterocycles. The molecule has 2 aromatic carbocycles. The van der Waals surface area contributed by atoms with E-state index in [1.54, 1.807) is 24.3 Å². The smallest absolute Gasteiger partial charge is 0.295 e. The largest absolute Gasteiger partial charge is 0.317 e. The van der Waals surface area contributed by atoms with E-state index in [1.807, 2.05) is 6.92 Å². The van der Waals surface area contributed by atoms with E-state index < -0.39 is 17.5 Å². The van der Waals surface area contributed by atoms with Crippen LogP contribution in [-0.4, -0.2) is 27.2 Å². The van der Waals surface area contributed by atoms with Crippen LogP contribution in [0.2, 0.25) is 0 Å². The van der Waals surface area contributed by atoms with Crippen molar-refractivity contribution in [2.45, 2.75) is 26.3 Å². The van der Waals surface area contributed by atoms with Gasteiger partial charge in [-0.1, -0.05) is 25.1 Å². The van der Waals surface area contributed by atoms with Gasteiger partial charge in [0, 0.05) is 13.0 Å². The summed E-state index contributed by atoms with van der Waals surface area (Å²) in [5.41, 5.74) is 1.79. The van der Waals surface area contributed by atoms with Crippen LogP contribution >= 0.6 is 0 Å². The molecule has 1 aromatic heterocycles. The fourth-order valence-electron chi connectivity index (χ4n) is 3.29. The van der Waals surface area contributed by atoms with Gasteiger partial charge in [0.1, 0.15) is 23.1 Å². The summed E-state index contributed by atoms with van der Waals surface area (Å²) in [6, 6.07) is 9.45. The summed E-state index contributed by atoms with van der Waals surface area (Å²) in [7, 11) is 0. The van der Waals surface area contributed by atoms with Crippen LogP contribution in [0.3, 0.4) is 0 Å². The lowest BCUT2D eigenvalue weighted by molar-refractivity contribution is 0.101. The Kier molecular flexibility index (Phi) is 4.87. The topological polar surface area (TPSA) is 71.8 Å². The lowest BCUT2D eigenvalue weighted by atomic mass is 9.99. The third-order valence-corrected chi connectivity index (χ3v) is 4.73. The summed E-state index contributed by atoms with van der Waals surface area (Å²) in [5.74, 6) is -1.25. The van der Waals surface area contributed by atoms with Crippen molar-refractivity contribution in [3.63, 3.8) is 0 Å². The number of fused-ring (bicyclic) bond motifs is 1. The van der Waals surface area contributed by atoms with Gasteiger partial charge in [-0.05, 0) is 42.3 Å². The van der Waals surface area contributed by atoms with Crippen molar-refractivity contribution in [1.82, 2.24) is 20.1 Å². The van der Waals surface area contributed by atoms with Gasteiger partial charge in [-0.3, -0.25) is 4.79 Å². The van der Waals surface area contributed by atoms with Gasteiger partial charge < -0.3 is 10.6 Å². The summed E-state index contributed by atoms with van der Waals surface area (Å²) >= 11 is 0. The van der Waals surface area contributed by atoms with Crippen molar-refractivity contribution < 1.29 is 13.6 Å². The number of carbonyl (C=O) groups excluding carboxylic acids is 1. The van der Waals surface area contributed by atoms with E-state index in [9.17, 15) is 13.6 Å². The number of benzene rings is 2. The standard InChI is InChI=1S/C20H19F2N5O/c1-2-17-25-19(26-27(17)16-6-4-3-5-14(16)21)20(28)24-15-8-7-12-11-23-10-9-13(12)18(15)22/h3-8,23H,2,9-11H2,1H3,(H,24,28). The molecule has 0 atom stereocenters. The zero-order valence-electron chi connectivity index (χ0n) is 15.3. The first-order chi connectivity index (χ1) is 13.6. The van der Waals surface area contributed by atoms with E-state index in [-0.39, 0.29) is 17.2 Å². The number of halogens is 2. The lowest BCUT2D eigenvalue weighted by Gasteiger charge is -2.19. The molecule has 0 aliphatic carbocycles. The maximum absolute atomic E-state index is 14.8. The molecule has 1 aliphatic heterocycles. The first-order valence-corrected chi connectivity index (χ1v) is 9.11. The number of carbonyl (C=O) groups is 1. The van der Waals surface area contributed by atoms with Gasteiger partial charge in [-0.15, -0.1) is 5.10 Å². The molecule has 0 saturated carbocycles. The minimum Gasteiger partial charge on any atom is -0.317 e. The molecule has 1 amide bonds. The van der Waals surface area contributed by atoms with Crippen LogP contribution in [0.1, 0.15) is 34.5 Å². The molecule has 6 nitrogen and oxygen atoms in total. The van der Waals surface area contributed by atoms with Crippen LogP contribution in [0.25, 0.3) is 5.69 Å². The van der Waals surface area contributed by atoms with E-state index in [0.29, 0.717) is 37.3 Å². The quantitative estimate of drug-likeness (QED) is 0.727. The van der Waals surface area contributed by atoms with Crippen molar-refractivity contribution in [1.29, 1.82) is 0 Å². The number of aromatic nitrogens is 3. The molecule has 144 valence electrons. The second-order valence-electron chi connectivity index (χ2n) is 6.51. The van der Waals surface area contributed by atoms with Crippen molar-refractivity contribution in [2.24, 2.45) is 0 Å². The van der Waals surface area contributed by atoms with Gasteiger partial charge in [0.2, 0.25) is 5.82 Å². The van der Waals surface area contributed by atoms with Crippen LogP contribution in [0.15, 0.2) is 36.4 Å². The monoisotopic (exact) mass is 383 g/mol. The third-order valence-electron chi connectivity index (χ3n) is 4.73. The summed E-state index contributed by atoms with van der Waals surface area (Å²) < 4.78 is 30.2. The molecule has 0 bridgehead atoms. The van der Waals surface area contributed by atoms with Crippen molar-refractivity contribution in [3.8, 4) is 5.69 Å². The van der Waals surface area contributed by atoms with E-state index >= 15 is 0 Å². The van der Waals surface area contributed by atoms with Gasteiger partial charge in [-0.2, -0.15) is 0 Å². The number of amides is 1. The number of rotatable bonds is 4. The second-order valence-corrected chi connectivity index (χ2v) is 6.51. The number of aryl methyl sites for hydroxylation is 1. The fraction of sp³-hybridized carbons (Fsp3) is 0.250. The highest BCUT2D eigenvalue weighted by atomic mass is 19.1. The molecule has 0 radical (unpaired) electrons. The first kappa shape index (κ1) is 18.2. The van der Waals surface area contributed by atoms with Crippen LogP contribution in [0.4, 0.5) is 14.5 Å². The summed E-state index contributed by atoms with van der Waals surface area (Å²) in [5, 5.41) is 9.87. The Morgan fingerprint density at radius 1 is 1.25 bits per heavy atom. The molecule has 28 heavy (non-hydrogen) atoms. The molecule has 3 aromatic rings. The zero-order valence-corrected chi connectivity index (χ0v) is 15.3. The van der Waals surface area contributed by atoms with Crippen LogP contribution in [0.5, 0.6) is 0 Å². The third kappa shape index (κ3) is 3.27. The Morgan fingerprint density at radius 2 is 2.07 bits per heavy atom. The average molecular weight is 383 g/mol. The highest BCUT2D eigenvalue weighted by Gasteiger charge is 2.21. The van der Waals surface area contributed by atoms with Gasteiger partial charge in [0.25, 0.3) is 5.91 Å². The summed E-state index contributed by atoms with van der Waals surface area (Å²) in [6.07, 6.45) is 1.01. The molecular formula is C20H19F2N5O. The number of hydrogen-bond donors (Lipinski definition) is 2. The molecule has 0 fully saturated rings. The maximum Gasteiger partial charge on any atom is 0.295 e. The highest BCUT2D eigenvalue weighted by Crippen LogP contribution is 2.25. The predicted octanol–water partition coefficient (Wildman–Crippen LogP) is 3.01. The maximum atomic E-state index is 14.8. The van der Waals surface area contributed by atoms with Crippen LogP contribution in [-0.2, 0) is 19.4 Å². The number of anilines is 1. The normalized spacial score (nSPS) is 13.2. The SMILES string of the molecule is CCc1nc(C(=O)Nc2ccc3c(c2F)CCNC3)nn1-c1ccccc1F. The molecular weight excluding hydrogens is 364 g/mol. The molecule has 4 rings (SSSR count). The van der Waals surface area contributed by atoms with E-state index in [0.717, 1.165) is 5.56 Å². The Balaban J connectivity index is 1.64.